The number of halogens is 1. The molecule has 0 saturated carbocycles. The molecule has 0 aliphatic carbocycles. The third-order valence-electron chi connectivity index (χ3n) is 3.97. The molecule has 1 aromatic heterocycles. The third kappa shape index (κ3) is 2.19. The number of anilines is 1. The van der Waals surface area contributed by atoms with Crippen molar-refractivity contribution in [2.24, 2.45) is 5.92 Å². The Bertz CT molecular complexity index is 489. The second-order valence-corrected chi connectivity index (χ2v) is 5.86. The van der Waals surface area contributed by atoms with Crippen LogP contribution >= 0.6 is 15.9 Å². The lowest BCUT2D eigenvalue weighted by molar-refractivity contribution is 0.243. The van der Waals surface area contributed by atoms with Crippen molar-refractivity contribution in [3.05, 3.63) is 21.2 Å². The highest BCUT2D eigenvalue weighted by Gasteiger charge is 2.32. The van der Waals surface area contributed by atoms with Gasteiger partial charge in [-0.2, -0.15) is 0 Å². The van der Waals surface area contributed by atoms with Crippen LogP contribution in [0, 0.1) is 5.92 Å². The first-order chi connectivity index (χ1) is 8.75. The van der Waals surface area contributed by atoms with Crippen LogP contribution in [0.2, 0.25) is 0 Å². The van der Waals surface area contributed by atoms with Crippen molar-refractivity contribution in [3.63, 3.8) is 0 Å². The zero-order valence-electron chi connectivity index (χ0n) is 10.2. The standard InChI is InChI=1S/C12H17BrN4O/c13-10-11(15-7-16-12(10)18)17-5-3-9-8(6-17)2-1-4-14-9/h7-9,14H,1-6H2,(H,15,16,18). The molecule has 2 unspecified atom stereocenters. The quantitative estimate of drug-likeness (QED) is 0.815. The second kappa shape index (κ2) is 5.01. The number of hydrogen-bond acceptors (Lipinski definition) is 4. The number of fused-ring (bicyclic) bond motifs is 1. The number of nitrogens with one attached hydrogen (secondary N) is 2. The van der Waals surface area contributed by atoms with E-state index in [4.69, 9.17) is 0 Å². The van der Waals surface area contributed by atoms with Gasteiger partial charge in [-0.1, -0.05) is 0 Å². The number of hydrogen-bond donors (Lipinski definition) is 2. The lowest BCUT2D eigenvalue weighted by Crippen LogP contribution is -2.52. The zero-order valence-corrected chi connectivity index (χ0v) is 11.7. The number of H-pyrrole nitrogens is 1. The lowest BCUT2D eigenvalue weighted by atomic mass is 9.85. The monoisotopic (exact) mass is 312 g/mol. The first kappa shape index (κ1) is 12.2. The smallest absolute Gasteiger partial charge is 0.267 e. The zero-order chi connectivity index (χ0) is 12.5. The highest BCUT2D eigenvalue weighted by Crippen LogP contribution is 2.29. The summed E-state index contributed by atoms with van der Waals surface area (Å²) in [5.74, 6) is 1.46. The van der Waals surface area contributed by atoms with Gasteiger partial charge in [0.15, 0.2) is 0 Å². The molecule has 18 heavy (non-hydrogen) atoms. The summed E-state index contributed by atoms with van der Waals surface area (Å²) in [6.45, 7) is 3.10. The Labute approximate surface area is 114 Å². The topological polar surface area (TPSA) is 61.0 Å². The predicted molar refractivity (Wildman–Crippen MR) is 73.9 cm³/mol. The van der Waals surface area contributed by atoms with E-state index in [-0.39, 0.29) is 5.56 Å². The molecule has 3 heterocycles. The van der Waals surface area contributed by atoms with E-state index in [0.717, 1.165) is 31.9 Å². The van der Waals surface area contributed by atoms with Crippen molar-refractivity contribution in [3.8, 4) is 0 Å². The van der Waals surface area contributed by atoms with Crippen molar-refractivity contribution in [2.45, 2.75) is 25.3 Å². The molecule has 1 aromatic rings. The average molecular weight is 313 g/mol. The van der Waals surface area contributed by atoms with Gasteiger partial charge < -0.3 is 15.2 Å². The van der Waals surface area contributed by atoms with Gasteiger partial charge in [-0.05, 0) is 47.7 Å². The number of piperidine rings is 2. The van der Waals surface area contributed by atoms with Crippen molar-refractivity contribution < 1.29 is 0 Å². The summed E-state index contributed by atoms with van der Waals surface area (Å²) in [7, 11) is 0. The van der Waals surface area contributed by atoms with Gasteiger partial charge in [0.25, 0.3) is 5.56 Å². The van der Waals surface area contributed by atoms with E-state index < -0.39 is 0 Å². The molecular weight excluding hydrogens is 296 g/mol. The van der Waals surface area contributed by atoms with Crippen LogP contribution in [-0.2, 0) is 0 Å². The van der Waals surface area contributed by atoms with Gasteiger partial charge in [-0.15, -0.1) is 0 Å². The third-order valence-corrected chi connectivity index (χ3v) is 4.68. The maximum absolute atomic E-state index is 11.6. The van der Waals surface area contributed by atoms with E-state index in [1.165, 1.54) is 19.2 Å². The van der Waals surface area contributed by atoms with Crippen molar-refractivity contribution >= 4 is 21.7 Å². The number of aromatic amines is 1. The molecule has 2 aliphatic rings. The van der Waals surface area contributed by atoms with Gasteiger partial charge in [0.1, 0.15) is 10.3 Å². The SMILES string of the molecule is O=c1[nH]cnc(N2CCC3NCCCC3C2)c1Br. The summed E-state index contributed by atoms with van der Waals surface area (Å²) in [5, 5.41) is 3.59. The molecule has 2 atom stereocenters. The normalized spacial score (nSPS) is 27.9. The maximum atomic E-state index is 11.6. The predicted octanol–water partition coefficient (Wildman–Crippen LogP) is 1.11. The van der Waals surface area contributed by atoms with Gasteiger partial charge in [0.2, 0.25) is 0 Å². The minimum atomic E-state index is -0.108. The van der Waals surface area contributed by atoms with Crippen molar-refractivity contribution in [1.82, 2.24) is 15.3 Å². The van der Waals surface area contributed by atoms with E-state index in [0.29, 0.717) is 16.4 Å². The molecule has 5 nitrogen and oxygen atoms in total. The highest BCUT2D eigenvalue weighted by molar-refractivity contribution is 9.10. The van der Waals surface area contributed by atoms with Gasteiger partial charge in [0, 0.05) is 19.1 Å². The van der Waals surface area contributed by atoms with Gasteiger partial charge >= 0.3 is 0 Å². The van der Waals surface area contributed by atoms with Gasteiger partial charge in [0.05, 0.1) is 6.33 Å². The molecule has 0 spiro atoms. The maximum Gasteiger partial charge on any atom is 0.267 e. The molecule has 0 radical (unpaired) electrons. The fourth-order valence-electron chi connectivity index (χ4n) is 3.03. The van der Waals surface area contributed by atoms with Crippen LogP contribution < -0.4 is 15.8 Å². The van der Waals surface area contributed by atoms with Crippen LogP contribution in [0.1, 0.15) is 19.3 Å². The summed E-state index contributed by atoms with van der Waals surface area (Å²) in [6, 6.07) is 0.649. The molecule has 98 valence electrons. The number of rotatable bonds is 1. The first-order valence-corrected chi connectivity index (χ1v) is 7.26. The average Bonchev–Trinajstić information content (AvgIpc) is 2.41. The molecular formula is C12H17BrN4O. The molecule has 0 aromatic carbocycles. The van der Waals surface area contributed by atoms with Crippen LogP contribution in [-0.4, -0.2) is 35.6 Å². The van der Waals surface area contributed by atoms with Crippen LogP contribution in [0.15, 0.2) is 15.6 Å². The number of nitrogens with zero attached hydrogens (tertiary/aromatic N) is 2. The Morgan fingerprint density at radius 1 is 1.44 bits per heavy atom. The second-order valence-electron chi connectivity index (χ2n) is 5.07. The summed E-state index contributed by atoms with van der Waals surface area (Å²) in [6.07, 6.45) is 5.13. The molecule has 0 amide bonds. The van der Waals surface area contributed by atoms with E-state index in [1.807, 2.05) is 0 Å². The Kier molecular flexibility index (Phi) is 3.39. The van der Waals surface area contributed by atoms with Crippen molar-refractivity contribution in [1.29, 1.82) is 0 Å². The molecule has 0 bridgehead atoms. The van der Waals surface area contributed by atoms with E-state index >= 15 is 0 Å². The van der Waals surface area contributed by atoms with Crippen LogP contribution in [0.25, 0.3) is 0 Å². The van der Waals surface area contributed by atoms with E-state index in [1.54, 1.807) is 0 Å². The van der Waals surface area contributed by atoms with Crippen LogP contribution in [0.4, 0.5) is 5.82 Å². The summed E-state index contributed by atoms with van der Waals surface area (Å²) in [5.41, 5.74) is -0.108. The lowest BCUT2D eigenvalue weighted by Gasteiger charge is -2.42. The van der Waals surface area contributed by atoms with Gasteiger partial charge in [-0.25, -0.2) is 4.98 Å². The Morgan fingerprint density at radius 3 is 3.22 bits per heavy atom. The molecule has 2 fully saturated rings. The Hall–Kier alpha value is -0.880. The minimum Gasteiger partial charge on any atom is -0.355 e. The molecule has 2 aliphatic heterocycles. The highest BCUT2D eigenvalue weighted by atomic mass is 79.9. The Balaban J connectivity index is 1.81. The molecule has 3 rings (SSSR count). The fourth-order valence-corrected chi connectivity index (χ4v) is 3.50. The Morgan fingerprint density at radius 2 is 2.33 bits per heavy atom. The van der Waals surface area contributed by atoms with E-state index in [2.05, 4.69) is 36.1 Å². The summed E-state index contributed by atoms with van der Waals surface area (Å²) < 4.78 is 0.548. The van der Waals surface area contributed by atoms with Gasteiger partial charge in [-0.3, -0.25) is 4.79 Å². The molecule has 6 heteroatoms. The first-order valence-electron chi connectivity index (χ1n) is 6.47. The molecule has 2 N–H and O–H groups in total. The largest absolute Gasteiger partial charge is 0.355 e. The number of aromatic nitrogens is 2. The fraction of sp³-hybridized carbons (Fsp3) is 0.667. The summed E-state index contributed by atoms with van der Waals surface area (Å²) >= 11 is 3.34. The summed E-state index contributed by atoms with van der Waals surface area (Å²) in [4.78, 5) is 20.7. The van der Waals surface area contributed by atoms with Crippen LogP contribution in [0.3, 0.4) is 0 Å². The minimum absolute atomic E-state index is 0.108. The van der Waals surface area contributed by atoms with Crippen LogP contribution in [0.5, 0.6) is 0 Å². The van der Waals surface area contributed by atoms with E-state index in [9.17, 15) is 4.79 Å². The molecule has 2 saturated heterocycles. The van der Waals surface area contributed by atoms with Crippen molar-refractivity contribution in [2.75, 3.05) is 24.5 Å².